The zero-order chi connectivity index (χ0) is 60.4. The molecule has 0 amide bonds. The number of ketones is 1. The topological polar surface area (TPSA) is 165 Å². The second-order valence-electron chi connectivity index (χ2n) is 29.0. The Labute approximate surface area is 525 Å². The molecule has 0 radical (unpaired) electrons. The first-order chi connectivity index (χ1) is 41.1. The SMILES string of the molecule is C.C[C@H]1[C@@H]2CC/C(=C\O)C(=O)[C@@]2(C)CCC12OCCO2.C[C@H]1[C@@H]2CCc3c(nn(C)c3-c3ccccc3)[C@@]2(C)CCC12OCCO2.C[C@H]1[C@@H]2CCc3c(nn(C)c3Br)[C@@]2(C)CCC12OCCO2.C[C@H]1[C@@H]2CCc3cn(C)nc3[C@@]2(C)CCC12OCCO2. The zero-order valence-corrected chi connectivity index (χ0v) is 54.9. The Morgan fingerprint density at radius 3 is 1.34 bits per heavy atom. The molecule has 5 saturated carbocycles. The number of aliphatic hydroxyl groups is 1. The van der Waals surface area contributed by atoms with Gasteiger partial charge in [0.1, 0.15) is 4.60 Å². The number of carbonyl (C=O) groups excluding carboxylic acids is 1. The van der Waals surface area contributed by atoms with Crippen LogP contribution in [0.25, 0.3) is 11.3 Å². The largest absolute Gasteiger partial charge is 0.515 e. The molecule has 1 N–H and O–H groups in total. The average molecular weight is 1270 g/mol. The highest BCUT2D eigenvalue weighted by molar-refractivity contribution is 9.10. The van der Waals surface area contributed by atoms with Gasteiger partial charge in [-0.25, -0.2) is 0 Å². The molecule has 8 aliphatic carbocycles. The number of hydrogen-bond donors (Lipinski definition) is 1. The minimum Gasteiger partial charge on any atom is -0.515 e. The Morgan fingerprint density at radius 1 is 0.506 bits per heavy atom. The van der Waals surface area contributed by atoms with E-state index in [1.165, 1.54) is 64.3 Å². The third-order valence-electron chi connectivity index (χ3n) is 25.2. The summed E-state index contributed by atoms with van der Waals surface area (Å²) in [5.41, 5.74) is 11.5. The summed E-state index contributed by atoms with van der Waals surface area (Å²) in [5.74, 6) is 2.18. The summed E-state index contributed by atoms with van der Waals surface area (Å²) >= 11 is 3.70. The predicted octanol–water partition coefficient (Wildman–Crippen LogP) is 12.9. The fourth-order valence-electron chi connectivity index (χ4n) is 20.2. The summed E-state index contributed by atoms with van der Waals surface area (Å²) < 4.78 is 55.4. The lowest BCUT2D eigenvalue weighted by atomic mass is 9.54. The predicted molar refractivity (Wildman–Crippen MR) is 336 cm³/mol. The second-order valence-corrected chi connectivity index (χ2v) is 29.8. The molecule has 16 nitrogen and oxygen atoms in total. The molecule has 4 aromatic rings. The Hall–Kier alpha value is -3.78. The monoisotopic (exact) mass is 1260 g/mol. The van der Waals surface area contributed by atoms with Crippen molar-refractivity contribution in [2.75, 3.05) is 52.9 Å². The van der Waals surface area contributed by atoms with E-state index in [1.807, 2.05) is 30.4 Å². The van der Waals surface area contributed by atoms with Gasteiger partial charge in [0, 0.05) is 121 Å². The lowest BCUT2D eigenvalue weighted by Crippen LogP contribution is -2.56. The van der Waals surface area contributed by atoms with Crippen LogP contribution in [0.2, 0.25) is 0 Å². The van der Waals surface area contributed by atoms with Crippen LogP contribution in [0.5, 0.6) is 0 Å². The number of Topliss-reactive ketones (excluding diaryl/α,β-unsaturated/α-hetero) is 1. The van der Waals surface area contributed by atoms with Crippen LogP contribution >= 0.6 is 15.9 Å². The zero-order valence-electron chi connectivity index (χ0n) is 53.3. The molecule has 9 fully saturated rings. The molecule has 4 aliphatic heterocycles. The Kier molecular flexibility index (Phi) is 17.1. The van der Waals surface area contributed by atoms with Crippen LogP contribution in [0.3, 0.4) is 0 Å². The quantitative estimate of drug-likeness (QED) is 0.142. The lowest BCUT2D eigenvalue weighted by Gasteiger charge is -2.53. The number of aryl methyl sites for hydroxylation is 4. The van der Waals surface area contributed by atoms with Crippen molar-refractivity contribution < 1.29 is 47.8 Å². The van der Waals surface area contributed by atoms with E-state index >= 15 is 0 Å². The van der Waals surface area contributed by atoms with Crippen LogP contribution in [0, 0.1) is 52.8 Å². The van der Waals surface area contributed by atoms with Crippen molar-refractivity contribution in [3.63, 3.8) is 0 Å². The van der Waals surface area contributed by atoms with Gasteiger partial charge in [0.05, 0.1) is 81.9 Å². The molecule has 12 atom stereocenters. The van der Waals surface area contributed by atoms with E-state index in [1.54, 1.807) is 0 Å². The van der Waals surface area contributed by atoms with Crippen molar-refractivity contribution in [3.8, 4) is 11.3 Å². The number of aromatic nitrogens is 6. The molecule has 4 saturated heterocycles. The van der Waals surface area contributed by atoms with E-state index in [0.29, 0.717) is 60.7 Å². The van der Waals surface area contributed by atoms with Gasteiger partial charge < -0.3 is 43.0 Å². The van der Waals surface area contributed by atoms with Crippen molar-refractivity contribution in [2.45, 2.75) is 205 Å². The van der Waals surface area contributed by atoms with Gasteiger partial charge in [-0.1, -0.05) is 93.1 Å². The number of allylic oxidation sites excluding steroid dienone is 1. The number of hydrogen-bond acceptors (Lipinski definition) is 13. The Morgan fingerprint density at radius 2 is 0.885 bits per heavy atom. The van der Waals surface area contributed by atoms with Crippen molar-refractivity contribution >= 4 is 21.7 Å². The molecule has 0 bridgehead atoms. The Bertz CT molecular complexity index is 3190. The van der Waals surface area contributed by atoms with Crippen molar-refractivity contribution in [3.05, 3.63) is 86.7 Å². The molecule has 0 unspecified atom stereocenters. The molecule has 4 spiro atoms. The Balaban J connectivity index is 0.000000114. The molecule has 3 aromatic heterocycles. The van der Waals surface area contributed by atoms with Crippen LogP contribution < -0.4 is 0 Å². The normalized spacial score (nSPS) is 37.2. The van der Waals surface area contributed by atoms with Crippen LogP contribution in [0.1, 0.15) is 180 Å². The van der Waals surface area contributed by atoms with E-state index in [2.05, 4.69) is 113 Å². The van der Waals surface area contributed by atoms with E-state index in [4.69, 9.17) is 53.2 Å². The highest BCUT2D eigenvalue weighted by Crippen LogP contribution is 2.61. The molecule has 17 heteroatoms. The van der Waals surface area contributed by atoms with Gasteiger partial charge in [-0.15, -0.1) is 0 Å². The maximum absolute atomic E-state index is 12.6. The third-order valence-corrected chi connectivity index (χ3v) is 26.1. The average Bonchev–Trinajstić information content (AvgIpc) is 1.88. The maximum atomic E-state index is 12.6. The number of nitrogens with zero attached hydrogens (tertiary/aromatic N) is 6. The fraction of sp³-hybridized carbons (Fsp3) is 0.743. The van der Waals surface area contributed by atoms with Gasteiger partial charge in [-0.2, -0.15) is 15.3 Å². The number of rotatable bonds is 1. The van der Waals surface area contributed by atoms with Gasteiger partial charge in [0.2, 0.25) is 0 Å². The summed E-state index contributed by atoms with van der Waals surface area (Å²) in [6, 6.07) is 10.7. The molecule has 7 heterocycles. The summed E-state index contributed by atoms with van der Waals surface area (Å²) in [4.78, 5) is 12.6. The van der Waals surface area contributed by atoms with Crippen molar-refractivity contribution in [2.24, 2.45) is 73.9 Å². The first-order valence-corrected chi connectivity index (χ1v) is 33.8. The second kappa shape index (κ2) is 23.4. The van der Waals surface area contributed by atoms with E-state index in [0.717, 1.165) is 128 Å². The molecule has 87 heavy (non-hydrogen) atoms. The number of halogens is 1. The number of fused-ring (bicyclic) bond motifs is 10. The van der Waals surface area contributed by atoms with Crippen LogP contribution in [-0.4, -0.2) is 116 Å². The van der Waals surface area contributed by atoms with Crippen molar-refractivity contribution in [1.82, 2.24) is 29.3 Å². The van der Waals surface area contributed by atoms with E-state index in [-0.39, 0.29) is 64.1 Å². The number of ether oxygens (including phenoxy) is 8. The van der Waals surface area contributed by atoms with Gasteiger partial charge in [-0.05, 0) is 122 Å². The van der Waals surface area contributed by atoms with Crippen LogP contribution in [0.15, 0.2) is 53.0 Å². The number of aliphatic hydroxyl groups excluding tert-OH is 1. The first kappa shape index (κ1) is 63.4. The highest BCUT2D eigenvalue weighted by atomic mass is 79.9. The molecule has 12 aliphatic rings. The van der Waals surface area contributed by atoms with E-state index < -0.39 is 5.79 Å². The minimum absolute atomic E-state index is 0. The molecule has 16 rings (SSSR count). The van der Waals surface area contributed by atoms with Gasteiger partial charge >= 0.3 is 0 Å². The van der Waals surface area contributed by atoms with Gasteiger partial charge in [0.25, 0.3) is 0 Å². The van der Waals surface area contributed by atoms with E-state index in [9.17, 15) is 9.90 Å². The molecular weight excluding hydrogens is 1160 g/mol. The standard InChI is InChI=1S/C22H28N2O2.C16H23BrN2O2.C16H24N2O2.C15H22O4.CH4/c1-15-18-10-9-17-19(16-7-5-4-6-8-16)24(3)23-20(17)21(18,2)11-12-22(15)25-13-14-26-22;1-10-12-5-4-11-13(18-19(3)14(11)17)15(12,2)6-7-16(10)20-8-9-21-16;1-11-13-5-4-12-10-18(3)17-14(12)15(13,2)6-7-16(11)19-8-9-20-16;1-10-12-4-3-11(9-16)13(17)14(12,2)5-6-15(10)18-7-8-19-15;/h4-8,15,18H,9-14H2,1-3H3;10,12H,4-9H2,1-3H3;10-11,13H,4-9H2,1-3H3;9-10,12,16H,3-8H2,1-2H3;1H4/b;;;11-9+;/t15-,18-,21-;10-,12-,15-;11-,13-,15-;10-,12-,14-;/m0000./s1. The number of benzene rings is 1. The van der Waals surface area contributed by atoms with Crippen LogP contribution in [-0.2, 0) is 99.3 Å². The van der Waals surface area contributed by atoms with Gasteiger partial charge in [-0.3, -0.25) is 18.8 Å². The fourth-order valence-corrected chi connectivity index (χ4v) is 20.7. The third kappa shape index (κ3) is 9.98. The first-order valence-electron chi connectivity index (χ1n) is 33.0. The summed E-state index contributed by atoms with van der Waals surface area (Å²) in [6.45, 7) is 24.2. The van der Waals surface area contributed by atoms with Crippen molar-refractivity contribution in [1.29, 1.82) is 0 Å². The molecular formula is C70H101BrN6O10. The molecule has 1 aromatic carbocycles. The maximum Gasteiger partial charge on any atom is 0.171 e. The molecule has 478 valence electrons. The number of carbonyl (C=O) groups is 1. The van der Waals surface area contributed by atoms with Gasteiger partial charge in [0.15, 0.2) is 28.9 Å². The van der Waals surface area contributed by atoms with Crippen LogP contribution in [0.4, 0.5) is 0 Å². The summed E-state index contributed by atoms with van der Waals surface area (Å²) in [5, 5.41) is 23.9. The smallest absolute Gasteiger partial charge is 0.171 e. The highest BCUT2D eigenvalue weighted by Gasteiger charge is 2.62. The summed E-state index contributed by atoms with van der Waals surface area (Å²) in [6.07, 6.45) is 19.5. The summed E-state index contributed by atoms with van der Waals surface area (Å²) in [7, 11) is 6.15. The lowest BCUT2D eigenvalue weighted by molar-refractivity contribution is -0.241. The minimum atomic E-state index is -0.467.